The Kier molecular flexibility index (Phi) is 15.9. The lowest BCUT2D eigenvalue weighted by Crippen LogP contribution is -2.53. The summed E-state index contributed by atoms with van der Waals surface area (Å²) in [5, 5.41) is 0. The van der Waals surface area contributed by atoms with Gasteiger partial charge >= 0.3 is 5.97 Å². The molecule has 0 aliphatic rings. The monoisotopic (exact) mass is 538 g/mol. The van der Waals surface area contributed by atoms with Crippen molar-refractivity contribution in [3.63, 3.8) is 0 Å². The predicted molar refractivity (Wildman–Crippen MR) is 164 cm³/mol. The predicted octanol–water partition coefficient (Wildman–Crippen LogP) is 9.25. The number of unbranched alkanes of at least 4 members (excludes halogenated alkanes) is 10. The normalized spacial score (nSPS) is 13.2. The fraction of sp³-hybridized carbons (Fsp3) is 0.629. The second kappa shape index (κ2) is 18.9. The van der Waals surface area contributed by atoms with Crippen molar-refractivity contribution in [1.29, 1.82) is 0 Å². The highest BCUT2D eigenvalue weighted by molar-refractivity contribution is 5.74. The van der Waals surface area contributed by atoms with Crippen molar-refractivity contribution in [2.75, 3.05) is 14.1 Å². The highest BCUT2D eigenvalue weighted by atomic mass is 16.7. The molecule has 0 saturated carbocycles. The summed E-state index contributed by atoms with van der Waals surface area (Å²) in [7, 11) is 4.19. The zero-order chi connectivity index (χ0) is 28.3. The molecule has 0 aliphatic carbocycles. The van der Waals surface area contributed by atoms with E-state index in [2.05, 4.69) is 45.3 Å². The van der Waals surface area contributed by atoms with Crippen LogP contribution in [0.1, 0.15) is 115 Å². The Morgan fingerprint density at radius 2 is 1.26 bits per heavy atom. The Bertz CT molecular complexity index is 894. The van der Waals surface area contributed by atoms with Gasteiger partial charge in [-0.3, -0.25) is 0 Å². The maximum absolute atomic E-state index is 13.2. The van der Waals surface area contributed by atoms with Gasteiger partial charge in [0.25, 0.3) is 0 Å². The van der Waals surface area contributed by atoms with E-state index in [-0.39, 0.29) is 12.0 Å². The first kappa shape index (κ1) is 32.9. The zero-order valence-electron chi connectivity index (χ0n) is 25.6. The van der Waals surface area contributed by atoms with Gasteiger partial charge in [0.15, 0.2) is 6.04 Å². The Hall–Kier alpha value is -2.33. The molecule has 0 heterocycles. The maximum atomic E-state index is 13.2. The molecule has 0 N–H and O–H groups in total. The van der Waals surface area contributed by atoms with E-state index in [0.717, 1.165) is 18.7 Å². The number of hydrogen-bond acceptors (Lipinski definition) is 3. The van der Waals surface area contributed by atoms with Gasteiger partial charge in [0.2, 0.25) is 6.29 Å². The van der Waals surface area contributed by atoms with Crippen LogP contribution in [0, 0.1) is 0 Å². The number of aryl methyl sites for hydroxylation is 1. The lowest BCUT2D eigenvalue weighted by atomic mass is 10.0. The molecule has 0 radical (unpaired) electrons. The summed E-state index contributed by atoms with van der Waals surface area (Å²) < 4.78 is 12.5. The summed E-state index contributed by atoms with van der Waals surface area (Å²) in [6.07, 6.45) is 16.9. The Morgan fingerprint density at radius 1 is 0.692 bits per heavy atom. The van der Waals surface area contributed by atoms with Crippen LogP contribution in [0.5, 0.6) is 5.75 Å². The van der Waals surface area contributed by atoms with E-state index < -0.39 is 6.29 Å². The molecule has 2 rings (SSSR count). The second-order valence-electron chi connectivity index (χ2n) is 11.7. The minimum atomic E-state index is -0.583. The highest BCUT2D eigenvalue weighted by Gasteiger charge is 2.36. The van der Waals surface area contributed by atoms with Gasteiger partial charge in [-0.1, -0.05) is 127 Å². The van der Waals surface area contributed by atoms with Crippen molar-refractivity contribution in [3.05, 3.63) is 65.7 Å². The molecule has 2 aromatic carbocycles. The van der Waals surface area contributed by atoms with Crippen LogP contribution in [0.2, 0.25) is 0 Å². The van der Waals surface area contributed by atoms with Gasteiger partial charge in [-0.05, 0) is 30.5 Å². The van der Waals surface area contributed by atoms with Crippen molar-refractivity contribution < 1.29 is 18.8 Å². The largest absolute Gasteiger partial charge is 0.455 e. The first-order valence-electron chi connectivity index (χ1n) is 15.7. The number of carbonyl (C=O) groups is 1. The fourth-order valence-electron chi connectivity index (χ4n) is 5.39. The average molecular weight is 539 g/mol. The van der Waals surface area contributed by atoms with Crippen LogP contribution in [0.3, 0.4) is 0 Å². The number of esters is 1. The summed E-state index contributed by atoms with van der Waals surface area (Å²) in [6.45, 7) is 7.09. The van der Waals surface area contributed by atoms with E-state index in [0.29, 0.717) is 17.3 Å². The van der Waals surface area contributed by atoms with Crippen LogP contribution in [-0.4, -0.2) is 36.9 Å². The number of rotatable bonds is 21. The Balaban J connectivity index is 1.72. The van der Waals surface area contributed by atoms with Crippen LogP contribution in [0.15, 0.2) is 54.6 Å². The quantitative estimate of drug-likeness (QED) is 0.0687. The van der Waals surface area contributed by atoms with Gasteiger partial charge in [-0.2, -0.15) is 0 Å². The molecular formula is C35H56NO3+. The van der Waals surface area contributed by atoms with Gasteiger partial charge in [0.1, 0.15) is 12.3 Å². The standard InChI is InChI=1S/C35H56NO3/c1-6-9-10-11-12-13-14-15-16-17-19-22-30-25-27-32(28-26-30)38-34(8-3)39-35(37)33(7-2)36(4,5)29-31-23-20-18-21-24-31/h18,20-21,23-28,33-34H,6-17,19,22,29H2,1-5H3/q+1. The summed E-state index contributed by atoms with van der Waals surface area (Å²) in [5.74, 6) is 0.557. The van der Waals surface area contributed by atoms with Gasteiger partial charge in [0.05, 0.1) is 14.1 Å². The molecule has 0 fully saturated rings. The van der Waals surface area contributed by atoms with E-state index in [9.17, 15) is 4.79 Å². The Labute approximate surface area is 239 Å². The van der Waals surface area contributed by atoms with Crippen molar-refractivity contribution in [3.8, 4) is 5.75 Å². The van der Waals surface area contributed by atoms with Crippen LogP contribution >= 0.6 is 0 Å². The van der Waals surface area contributed by atoms with Crippen molar-refractivity contribution >= 4 is 5.97 Å². The lowest BCUT2D eigenvalue weighted by molar-refractivity contribution is -0.919. The second-order valence-corrected chi connectivity index (χ2v) is 11.7. The van der Waals surface area contributed by atoms with Crippen LogP contribution < -0.4 is 4.74 Å². The molecule has 0 bridgehead atoms. The van der Waals surface area contributed by atoms with Gasteiger partial charge in [-0.25, -0.2) is 4.79 Å². The van der Waals surface area contributed by atoms with Crippen molar-refractivity contribution in [2.45, 2.75) is 130 Å². The van der Waals surface area contributed by atoms with Crippen molar-refractivity contribution in [1.82, 2.24) is 0 Å². The number of hydrogen-bond donors (Lipinski definition) is 0. The van der Waals surface area contributed by atoms with Crippen LogP contribution in [0.4, 0.5) is 0 Å². The molecule has 2 aromatic rings. The molecule has 2 atom stereocenters. The topological polar surface area (TPSA) is 35.5 Å². The molecule has 0 spiro atoms. The number of nitrogens with zero attached hydrogens (tertiary/aromatic N) is 1. The molecule has 4 heteroatoms. The Morgan fingerprint density at radius 3 is 1.79 bits per heavy atom. The average Bonchev–Trinajstić information content (AvgIpc) is 2.92. The summed E-state index contributed by atoms with van der Waals surface area (Å²) >= 11 is 0. The van der Waals surface area contributed by atoms with E-state index in [4.69, 9.17) is 9.47 Å². The molecule has 39 heavy (non-hydrogen) atoms. The number of ether oxygens (including phenoxy) is 2. The molecule has 2 unspecified atom stereocenters. The third-order valence-electron chi connectivity index (χ3n) is 7.78. The van der Waals surface area contributed by atoms with E-state index in [1.807, 2.05) is 44.2 Å². The van der Waals surface area contributed by atoms with Gasteiger partial charge in [0, 0.05) is 18.4 Å². The fourth-order valence-corrected chi connectivity index (χ4v) is 5.39. The number of quaternary nitrogens is 1. The maximum Gasteiger partial charge on any atom is 0.368 e. The minimum Gasteiger partial charge on any atom is -0.455 e. The molecule has 0 aliphatic heterocycles. The third-order valence-corrected chi connectivity index (χ3v) is 7.78. The molecular weight excluding hydrogens is 482 g/mol. The van der Waals surface area contributed by atoms with Crippen LogP contribution in [0.25, 0.3) is 0 Å². The first-order chi connectivity index (χ1) is 18.9. The van der Waals surface area contributed by atoms with E-state index in [1.54, 1.807) is 0 Å². The van der Waals surface area contributed by atoms with Crippen molar-refractivity contribution in [2.24, 2.45) is 0 Å². The zero-order valence-corrected chi connectivity index (χ0v) is 25.6. The van der Waals surface area contributed by atoms with E-state index in [1.165, 1.54) is 81.8 Å². The SMILES string of the molecule is CCCCCCCCCCCCCc1ccc(OC(CC)OC(=O)C(CC)[N+](C)(C)Cc2ccccc2)cc1. The summed E-state index contributed by atoms with van der Waals surface area (Å²) in [5.41, 5.74) is 2.56. The molecule has 0 amide bonds. The first-order valence-corrected chi connectivity index (χ1v) is 15.7. The molecule has 4 nitrogen and oxygen atoms in total. The van der Waals surface area contributed by atoms with Crippen LogP contribution in [-0.2, 0) is 22.5 Å². The van der Waals surface area contributed by atoms with Gasteiger partial charge in [-0.15, -0.1) is 0 Å². The number of likely N-dealkylation sites (N-methyl/N-ethyl adjacent to an activating group) is 1. The summed E-state index contributed by atoms with van der Waals surface area (Å²) in [6, 6.07) is 18.4. The molecule has 0 saturated heterocycles. The molecule has 218 valence electrons. The number of benzene rings is 2. The smallest absolute Gasteiger partial charge is 0.368 e. The number of carbonyl (C=O) groups excluding carboxylic acids is 1. The minimum absolute atomic E-state index is 0.196. The summed E-state index contributed by atoms with van der Waals surface area (Å²) in [4.78, 5) is 13.2. The highest BCUT2D eigenvalue weighted by Crippen LogP contribution is 2.21. The van der Waals surface area contributed by atoms with Gasteiger partial charge < -0.3 is 14.0 Å². The lowest BCUT2D eigenvalue weighted by Gasteiger charge is -2.36. The third kappa shape index (κ3) is 13.0. The van der Waals surface area contributed by atoms with E-state index >= 15 is 0 Å². The molecule has 0 aromatic heterocycles.